The van der Waals surface area contributed by atoms with Gasteiger partial charge in [0.25, 0.3) is 0 Å². The Labute approximate surface area is 140 Å². The summed E-state index contributed by atoms with van der Waals surface area (Å²) in [4.78, 5) is 11.8. The zero-order valence-electron chi connectivity index (χ0n) is 11.6. The number of carbonyl (C=O) groups is 1. The van der Waals surface area contributed by atoms with Gasteiger partial charge in [-0.2, -0.15) is 13.2 Å². The van der Waals surface area contributed by atoms with Crippen molar-refractivity contribution in [3.63, 3.8) is 0 Å². The number of halogens is 4. The van der Waals surface area contributed by atoms with Gasteiger partial charge in [-0.25, -0.2) is 4.79 Å². The van der Waals surface area contributed by atoms with Crippen molar-refractivity contribution < 1.29 is 27.4 Å². The van der Waals surface area contributed by atoms with Gasteiger partial charge in [-0.3, -0.25) is 0 Å². The minimum absolute atomic E-state index is 0.0539. The Bertz CT molecular complexity index is 747. The van der Waals surface area contributed by atoms with E-state index in [-0.39, 0.29) is 22.1 Å². The van der Waals surface area contributed by atoms with E-state index in [9.17, 15) is 18.0 Å². The summed E-state index contributed by atoms with van der Waals surface area (Å²) in [5.74, 6) is -0.239. The van der Waals surface area contributed by atoms with Crippen LogP contribution < -0.4 is 4.74 Å². The molecule has 2 aromatic rings. The van der Waals surface area contributed by atoms with Crippen LogP contribution in [0.3, 0.4) is 0 Å². The fraction of sp³-hybridized carbons (Fsp3) is 0.133. The van der Waals surface area contributed by atoms with Crippen molar-refractivity contribution in [1.82, 2.24) is 0 Å². The summed E-state index contributed by atoms with van der Waals surface area (Å²) >= 11 is 9.96. The Morgan fingerprint density at radius 3 is 2.39 bits per heavy atom. The molecular formula is C15H10ClF3O3S. The van der Waals surface area contributed by atoms with Crippen LogP contribution in [0.25, 0.3) is 0 Å². The summed E-state index contributed by atoms with van der Waals surface area (Å²) in [6, 6.07) is 7.09. The van der Waals surface area contributed by atoms with Gasteiger partial charge in [0.15, 0.2) is 0 Å². The van der Waals surface area contributed by atoms with Crippen molar-refractivity contribution in [3.05, 3.63) is 52.5 Å². The first-order chi connectivity index (χ1) is 10.7. The van der Waals surface area contributed by atoms with E-state index in [0.717, 1.165) is 18.2 Å². The van der Waals surface area contributed by atoms with E-state index in [2.05, 4.69) is 17.4 Å². The van der Waals surface area contributed by atoms with Gasteiger partial charge in [-0.1, -0.05) is 11.6 Å². The fourth-order valence-electron chi connectivity index (χ4n) is 1.74. The molecule has 0 fully saturated rings. The first-order valence-corrected chi connectivity index (χ1v) is 7.01. The van der Waals surface area contributed by atoms with Gasteiger partial charge in [-0.05, 0) is 36.4 Å². The van der Waals surface area contributed by atoms with E-state index >= 15 is 0 Å². The number of carbonyl (C=O) groups excluding carboxylic acids is 1. The van der Waals surface area contributed by atoms with Crippen molar-refractivity contribution in [2.75, 3.05) is 7.11 Å². The number of hydrogen-bond donors (Lipinski definition) is 1. The molecule has 8 heteroatoms. The van der Waals surface area contributed by atoms with Gasteiger partial charge in [0, 0.05) is 4.90 Å². The first kappa shape index (κ1) is 17.5. The second kappa shape index (κ2) is 6.72. The highest BCUT2D eigenvalue weighted by Crippen LogP contribution is 2.36. The SMILES string of the molecule is COC(=O)c1ccc(Oc2ccc(C(F)(F)F)cc2Cl)cc1S. The molecule has 23 heavy (non-hydrogen) atoms. The fourth-order valence-corrected chi connectivity index (χ4v) is 2.26. The summed E-state index contributed by atoms with van der Waals surface area (Å²) in [6.45, 7) is 0. The highest BCUT2D eigenvalue weighted by Gasteiger charge is 2.31. The summed E-state index contributed by atoms with van der Waals surface area (Å²) in [7, 11) is 1.24. The van der Waals surface area contributed by atoms with E-state index < -0.39 is 17.7 Å². The molecule has 0 unspecified atom stereocenters. The van der Waals surface area contributed by atoms with Gasteiger partial charge in [0.05, 0.1) is 23.3 Å². The molecule has 0 aromatic heterocycles. The van der Waals surface area contributed by atoms with E-state index in [1.165, 1.54) is 25.3 Å². The molecule has 0 spiro atoms. The first-order valence-electron chi connectivity index (χ1n) is 6.18. The minimum atomic E-state index is -4.48. The highest BCUT2D eigenvalue weighted by molar-refractivity contribution is 7.80. The maximum Gasteiger partial charge on any atom is 0.416 e. The zero-order chi connectivity index (χ0) is 17.2. The molecule has 0 aliphatic carbocycles. The molecule has 2 aromatic carbocycles. The van der Waals surface area contributed by atoms with Crippen molar-refractivity contribution in [2.24, 2.45) is 0 Å². The van der Waals surface area contributed by atoms with Gasteiger partial charge in [0.1, 0.15) is 11.5 Å². The molecular weight excluding hydrogens is 353 g/mol. The van der Waals surface area contributed by atoms with Crippen molar-refractivity contribution in [2.45, 2.75) is 11.1 Å². The van der Waals surface area contributed by atoms with E-state index in [0.29, 0.717) is 4.90 Å². The molecule has 3 nitrogen and oxygen atoms in total. The van der Waals surface area contributed by atoms with Crippen molar-refractivity contribution >= 4 is 30.2 Å². The number of methoxy groups -OCH3 is 1. The molecule has 0 radical (unpaired) electrons. The molecule has 0 aliphatic rings. The zero-order valence-corrected chi connectivity index (χ0v) is 13.3. The number of esters is 1. The topological polar surface area (TPSA) is 35.5 Å². The molecule has 0 atom stereocenters. The average Bonchev–Trinajstić information content (AvgIpc) is 2.47. The summed E-state index contributed by atoms with van der Waals surface area (Å²) in [5.41, 5.74) is -0.632. The van der Waals surface area contributed by atoms with Crippen LogP contribution in [0, 0.1) is 0 Å². The van der Waals surface area contributed by atoms with Crippen LogP contribution >= 0.6 is 24.2 Å². The molecule has 0 bridgehead atoms. The molecule has 2 rings (SSSR count). The van der Waals surface area contributed by atoms with E-state index in [1.54, 1.807) is 0 Å². The van der Waals surface area contributed by atoms with Crippen LogP contribution in [-0.4, -0.2) is 13.1 Å². The third kappa shape index (κ3) is 4.11. The van der Waals surface area contributed by atoms with Gasteiger partial charge >= 0.3 is 12.1 Å². The molecule has 0 N–H and O–H groups in total. The maximum atomic E-state index is 12.6. The maximum absolute atomic E-state index is 12.6. The number of rotatable bonds is 3. The van der Waals surface area contributed by atoms with Crippen LogP contribution in [0.2, 0.25) is 5.02 Å². The number of thiol groups is 1. The standard InChI is InChI=1S/C15H10ClF3O3S/c1-21-14(20)10-4-3-9(7-13(10)23)22-12-5-2-8(6-11(12)16)15(17,18)19/h2-7,23H,1H3. The second-order valence-electron chi connectivity index (χ2n) is 4.42. The Balaban J connectivity index is 2.26. The van der Waals surface area contributed by atoms with Gasteiger partial charge in [0.2, 0.25) is 0 Å². The minimum Gasteiger partial charge on any atom is -0.465 e. The number of ether oxygens (including phenoxy) is 2. The highest BCUT2D eigenvalue weighted by atomic mass is 35.5. The summed E-state index contributed by atoms with van der Waals surface area (Å²) in [5, 5.41) is -0.183. The summed E-state index contributed by atoms with van der Waals surface area (Å²) < 4.78 is 47.7. The lowest BCUT2D eigenvalue weighted by Gasteiger charge is -2.12. The Hall–Kier alpha value is -1.86. The van der Waals surface area contributed by atoms with Crippen LogP contribution in [0.1, 0.15) is 15.9 Å². The summed E-state index contributed by atoms with van der Waals surface area (Å²) in [6.07, 6.45) is -4.48. The lowest BCUT2D eigenvalue weighted by Crippen LogP contribution is -2.04. The molecule has 0 heterocycles. The van der Waals surface area contributed by atoms with Crippen molar-refractivity contribution in [1.29, 1.82) is 0 Å². The third-order valence-electron chi connectivity index (χ3n) is 2.86. The Morgan fingerprint density at radius 1 is 1.17 bits per heavy atom. The lowest BCUT2D eigenvalue weighted by molar-refractivity contribution is -0.137. The second-order valence-corrected chi connectivity index (χ2v) is 5.30. The molecule has 122 valence electrons. The smallest absolute Gasteiger partial charge is 0.416 e. The largest absolute Gasteiger partial charge is 0.465 e. The van der Waals surface area contributed by atoms with Crippen LogP contribution in [0.5, 0.6) is 11.5 Å². The normalized spacial score (nSPS) is 11.2. The Morgan fingerprint density at radius 2 is 1.87 bits per heavy atom. The van der Waals surface area contributed by atoms with Crippen LogP contribution in [-0.2, 0) is 10.9 Å². The number of benzene rings is 2. The van der Waals surface area contributed by atoms with Crippen LogP contribution in [0.15, 0.2) is 41.3 Å². The third-order valence-corrected chi connectivity index (χ3v) is 3.53. The predicted octanol–water partition coefficient (Wildman–Crippen LogP) is 5.23. The van der Waals surface area contributed by atoms with Crippen LogP contribution in [0.4, 0.5) is 13.2 Å². The monoisotopic (exact) mass is 362 g/mol. The van der Waals surface area contributed by atoms with Gasteiger partial charge < -0.3 is 9.47 Å². The molecule has 0 saturated carbocycles. The van der Waals surface area contributed by atoms with Crippen molar-refractivity contribution in [3.8, 4) is 11.5 Å². The van der Waals surface area contributed by atoms with E-state index in [4.69, 9.17) is 16.3 Å². The lowest BCUT2D eigenvalue weighted by atomic mass is 10.2. The quantitative estimate of drug-likeness (QED) is 0.600. The Kier molecular flexibility index (Phi) is 5.11. The number of hydrogen-bond acceptors (Lipinski definition) is 4. The number of alkyl halides is 3. The van der Waals surface area contributed by atoms with E-state index in [1.807, 2.05) is 0 Å². The predicted molar refractivity (Wildman–Crippen MR) is 81.6 cm³/mol. The molecule has 0 aliphatic heterocycles. The molecule has 0 saturated heterocycles. The van der Waals surface area contributed by atoms with Gasteiger partial charge in [-0.15, -0.1) is 12.6 Å². The average molecular weight is 363 g/mol. The molecule has 0 amide bonds.